The van der Waals surface area contributed by atoms with Crippen LogP contribution in [0.25, 0.3) is 0 Å². The lowest BCUT2D eigenvalue weighted by atomic mass is 10.1. The van der Waals surface area contributed by atoms with E-state index in [1.807, 2.05) is 19.2 Å². The zero-order valence-corrected chi connectivity index (χ0v) is 9.19. The van der Waals surface area contributed by atoms with Crippen LogP contribution in [0.2, 0.25) is 0 Å². The summed E-state index contributed by atoms with van der Waals surface area (Å²) < 4.78 is 0. The number of aryl methyl sites for hydroxylation is 1. The predicted molar refractivity (Wildman–Crippen MR) is 59.2 cm³/mol. The Morgan fingerprint density at radius 3 is 3.13 bits per heavy atom. The molecule has 0 aliphatic carbocycles. The second kappa shape index (κ2) is 4.68. The van der Waals surface area contributed by atoms with Gasteiger partial charge in [-0.2, -0.15) is 0 Å². The van der Waals surface area contributed by atoms with Crippen molar-refractivity contribution in [2.24, 2.45) is 11.7 Å². The normalized spacial score (nSPS) is 22.1. The minimum atomic E-state index is 0.674. The summed E-state index contributed by atoms with van der Waals surface area (Å²) in [6.45, 7) is 5.92. The molecule has 1 unspecified atom stereocenters. The number of hydrogen-bond acceptors (Lipinski definition) is 4. The number of nitrogens with zero attached hydrogens (tertiary/aromatic N) is 3. The smallest absolute Gasteiger partial charge is 0.125 e. The standard InChI is InChI=1S/C11H18N4/c1-9-13-4-2-11(14-9)8-15-5-3-10(6-12)7-15/h2,4,10H,3,5-8,12H2,1H3. The van der Waals surface area contributed by atoms with E-state index < -0.39 is 0 Å². The summed E-state index contributed by atoms with van der Waals surface area (Å²) in [5, 5.41) is 0. The van der Waals surface area contributed by atoms with Crippen LogP contribution < -0.4 is 5.73 Å². The molecule has 4 nitrogen and oxygen atoms in total. The van der Waals surface area contributed by atoms with Crippen molar-refractivity contribution in [3.8, 4) is 0 Å². The van der Waals surface area contributed by atoms with E-state index in [9.17, 15) is 0 Å². The summed E-state index contributed by atoms with van der Waals surface area (Å²) in [6, 6.07) is 1.99. The average molecular weight is 206 g/mol. The molecule has 1 aliphatic rings. The van der Waals surface area contributed by atoms with Gasteiger partial charge in [-0.05, 0) is 38.4 Å². The van der Waals surface area contributed by atoms with Gasteiger partial charge in [0.25, 0.3) is 0 Å². The van der Waals surface area contributed by atoms with Crippen LogP contribution in [0.3, 0.4) is 0 Å². The molecule has 1 aromatic heterocycles. The first kappa shape index (κ1) is 10.5. The van der Waals surface area contributed by atoms with Crippen LogP contribution in [0.5, 0.6) is 0 Å². The number of aromatic nitrogens is 2. The third-order valence-electron chi connectivity index (χ3n) is 2.92. The van der Waals surface area contributed by atoms with E-state index in [-0.39, 0.29) is 0 Å². The molecule has 4 heteroatoms. The maximum atomic E-state index is 5.66. The average Bonchev–Trinajstić information content (AvgIpc) is 2.65. The van der Waals surface area contributed by atoms with Gasteiger partial charge in [-0.1, -0.05) is 0 Å². The molecule has 0 bridgehead atoms. The summed E-state index contributed by atoms with van der Waals surface area (Å²) in [5.41, 5.74) is 6.77. The van der Waals surface area contributed by atoms with Crippen LogP contribution >= 0.6 is 0 Å². The van der Waals surface area contributed by atoms with E-state index in [0.717, 1.165) is 37.7 Å². The lowest BCUT2D eigenvalue weighted by Gasteiger charge is -2.14. The Hall–Kier alpha value is -1.00. The molecule has 82 valence electrons. The third-order valence-corrected chi connectivity index (χ3v) is 2.92. The molecular weight excluding hydrogens is 188 g/mol. The zero-order chi connectivity index (χ0) is 10.7. The largest absolute Gasteiger partial charge is 0.330 e. The Kier molecular flexibility index (Phi) is 3.28. The Bertz CT molecular complexity index is 326. The molecule has 1 saturated heterocycles. The lowest BCUT2D eigenvalue weighted by Crippen LogP contribution is -2.23. The predicted octanol–water partition coefficient (Wildman–Crippen LogP) is 0.566. The fourth-order valence-corrected chi connectivity index (χ4v) is 2.07. The second-order valence-corrected chi connectivity index (χ2v) is 4.22. The highest BCUT2D eigenvalue weighted by atomic mass is 15.2. The lowest BCUT2D eigenvalue weighted by molar-refractivity contribution is 0.313. The van der Waals surface area contributed by atoms with Gasteiger partial charge in [-0.3, -0.25) is 4.90 Å². The van der Waals surface area contributed by atoms with Crippen molar-refractivity contribution < 1.29 is 0 Å². The summed E-state index contributed by atoms with van der Waals surface area (Å²) in [5.74, 6) is 1.52. The summed E-state index contributed by atoms with van der Waals surface area (Å²) in [4.78, 5) is 10.9. The topological polar surface area (TPSA) is 55.0 Å². The number of rotatable bonds is 3. The van der Waals surface area contributed by atoms with Crippen molar-refractivity contribution in [2.45, 2.75) is 19.9 Å². The van der Waals surface area contributed by atoms with Crippen molar-refractivity contribution in [3.05, 3.63) is 23.8 Å². The number of likely N-dealkylation sites (tertiary alicyclic amines) is 1. The van der Waals surface area contributed by atoms with Crippen LogP contribution in [0, 0.1) is 12.8 Å². The molecule has 1 aliphatic heterocycles. The number of nitrogens with two attached hydrogens (primary N) is 1. The monoisotopic (exact) mass is 206 g/mol. The zero-order valence-electron chi connectivity index (χ0n) is 9.19. The Balaban J connectivity index is 1.92. The fourth-order valence-electron chi connectivity index (χ4n) is 2.07. The summed E-state index contributed by atoms with van der Waals surface area (Å²) >= 11 is 0. The summed E-state index contributed by atoms with van der Waals surface area (Å²) in [7, 11) is 0. The Labute approximate surface area is 90.5 Å². The highest BCUT2D eigenvalue weighted by molar-refractivity contribution is 5.01. The van der Waals surface area contributed by atoms with Crippen molar-refractivity contribution in [2.75, 3.05) is 19.6 Å². The van der Waals surface area contributed by atoms with Gasteiger partial charge in [-0.15, -0.1) is 0 Å². The highest BCUT2D eigenvalue weighted by Crippen LogP contribution is 2.16. The molecule has 0 amide bonds. The molecule has 2 N–H and O–H groups in total. The molecule has 1 aromatic rings. The third kappa shape index (κ3) is 2.73. The minimum absolute atomic E-state index is 0.674. The van der Waals surface area contributed by atoms with Gasteiger partial charge in [-0.25, -0.2) is 9.97 Å². The van der Waals surface area contributed by atoms with Crippen molar-refractivity contribution in [1.82, 2.24) is 14.9 Å². The second-order valence-electron chi connectivity index (χ2n) is 4.22. The fraction of sp³-hybridized carbons (Fsp3) is 0.636. The molecular formula is C11H18N4. The molecule has 2 rings (SSSR count). The van der Waals surface area contributed by atoms with E-state index in [0.29, 0.717) is 5.92 Å². The van der Waals surface area contributed by atoms with Crippen LogP contribution in [0.1, 0.15) is 17.9 Å². The first-order valence-electron chi connectivity index (χ1n) is 5.49. The van der Waals surface area contributed by atoms with Crippen LogP contribution in [0.4, 0.5) is 0 Å². The first-order chi connectivity index (χ1) is 7.28. The molecule has 0 aromatic carbocycles. The van der Waals surface area contributed by atoms with Crippen molar-refractivity contribution in [3.63, 3.8) is 0 Å². The summed E-state index contributed by atoms with van der Waals surface area (Å²) in [6.07, 6.45) is 3.05. The van der Waals surface area contributed by atoms with Crippen molar-refractivity contribution in [1.29, 1.82) is 0 Å². The van der Waals surface area contributed by atoms with E-state index in [2.05, 4.69) is 14.9 Å². The highest BCUT2D eigenvalue weighted by Gasteiger charge is 2.21. The molecule has 0 spiro atoms. The van der Waals surface area contributed by atoms with E-state index in [4.69, 9.17) is 5.73 Å². The van der Waals surface area contributed by atoms with Gasteiger partial charge in [0.05, 0.1) is 5.69 Å². The van der Waals surface area contributed by atoms with Gasteiger partial charge in [0.1, 0.15) is 5.82 Å². The molecule has 0 radical (unpaired) electrons. The van der Waals surface area contributed by atoms with Gasteiger partial charge in [0, 0.05) is 19.3 Å². The molecule has 1 fully saturated rings. The molecule has 1 atom stereocenters. The van der Waals surface area contributed by atoms with E-state index in [1.54, 1.807) is 0 Å². The maximum absolute atomic E-state index is 5.66. The van der Waals surface area contributed by atoms with E-state index in [1.165, 1.54) is 6.42 Å². The van der Waals surface area contributed by atoms with Gasteiger partial charge < -0.3 is 5.73 Å². The molecule has 15 heavy (non-hydrogen) atoms. The van der Waals surface area contributed by atoms with E-state index >= 15 is 0 Å². The van der Waals surface area contributed by atoms with Crippen molar-refractivity contribution >= 4 is 0 Å². The minimum Gasteiger partial charge on any atom is -0.330 e. The van der Waals surface area contributed by atoms with Crippen LogP contribution in [0.15, 0.2) is 12.3 Å². The van der Waals surface area contributed by atoms with Gasteiger partial charge >= 0.3 is 0 Å². The number of hydrogen-bond donors (Lipinski definition) is 1. The van der Waals surface area contributed by atoms with Gasteiger partial charge in [0.15, 0.2) is 0 Å². The Morgan fingerprint density at radius 2 is 2.47 bits per heavy atom. The van der Waals surface area contributed by atoms with Gasteiger partial charge in [0.2, 0.25) is 0 Å². The van der Waals surface area contributed by atoms with Crippen LogP contribution in [-0.4, -0.2) is 34.5 Å². The Morgan fingerprint density at radius 1 is 1.60 bits per heavy atom. The molecule has 2 heterocycles. The molecule has 0 saturated carbocycles. The quantitative estimate of drug-likeness (QED) is 0.785. The maximum Gasteiger partial charge on any atom is 0.125 e. The van der Waals surface area contributed by atoms with Crippen LogP contribution in [-0.2, 0) is 6.54 Å². The SMILES string of the molecule is Cc1nccc(CN2CCC(CN)C2)n1. The first-order valence-corrected chi connectivity index (χ1v) is 5.49.